The van der Waals surface area contributed by atoms with Gasteiger partial charge in [0, 0.05) is 22.5 Å². The van der Waals surface area contributed by atoms with Gasteiger partial charge in [0.15, 0.2) is 5.16 Å². The molecule has 0 aliphatic rings. The summed E-state index contributed by atoms with van der Waals surface area (Å²) in [4.78, 5) is 20.6. The lowest BCUT2D eigenvalue weighted by atomic mass is 10.2. The van der Waals surface area contributed by atoms with Crippen LogP contribution >= 0.6 is 23.4 Å². The zero-order valence-electron chi connectivity index (χ0n) is 11.3. The van der Waals surface area contributed by atoms with E-state index in [4.69, 9.17) is 11.6 Å². The van der Waals surface area contributed by atoms with E-state index in [0.717, 1.165) is 22.0 Å². The van der Waals surface area contributed by atoms with E-state index in [0.29, 0.717) is 17.4 Å². The molecule has 1 N–H and O–H groups in total. The molecule has 0 spiro atoms. The van der Waals surface area contributed by atoms with Crippen molar-refractivity contribution in [3.8, 4) is 0 Å². The molecule has 0 aliphatic heterocycles. The Kier molecular flexibility index (Phi) is 3.98. The number of aromatic nitrogens is 4. The van der Waals surface area contributed by atoms with Gasteiger partial charge in [-0.1, -0.05) is 42.4 Å². The Labute approximate surface area is 130 Å². The van der Waals surface area contributed by atoms with E-state index in [2.05, 4.69) is 15.1 Å². The van der Waals surface area contributed by atoms with Gasteiger partial charge >= 0.3 is 0 Å². The third kappa shape index (κ3) is 3.11. The third-order valence-electron chi connectivity index (χ3n) is 3.01. The molecule has 0 aliphatic carbocycles. The number of aryl methyl sites for hydroxylation is 1. The number of hydrogen-bond donors (Lipinski definition) is 1. The van der Waals surface area contributed by atoms with Crippen LogP contribution in [-0.2, 0) is 12.2 Å². The maximum atomic E-state index is 11.9. The highest BCUT2D eigenvalue weighted by atomic mass is 35.5. The summed E-state index contributed by atoms with van der Waals surface area (Å²) >= 11 is 7.37. The van der Waals surface area contributed by atoms with Gasteiger partial charge in [0.05, 0.1) is 0 Å². The quantitative estimate of drug-likeness (QED) is 0.751. The fourth-order valence-electron chi connectivity index (χ4n) is 1.89. The number of H-pyrrole nitrogens is 1. The van der Waals surface area contributed by atoms with Crippen molar-refractivity contribution in [3.63, 3.8) is 0 Å². The van der Waals surface area contributed by atoms with Crippen LogP contribution in [0.1, 0.15) is 18.2 Å². The highest BCUT2D eigenvalue weighted by Gasteiger charge is 2.08. The molecule has 2 heterocycles. The minimum Gasteiger partial charge on any atom is -0.267 e. The highest BCUT2D eigenvalue weighted by Crippen LogP contribution is 2.20. The third-order valence-corrected chi connectivity index (χ3v) is 4.20. The summed E-state index contributed by atoms with van der Waals surface area (Å²) in [5.41, 5.74) is 1.75. The normalized spacial score (nSPS) is 11.1. The SMILES string of the molecule is CCc1cc(=O)n2[nH]c(SCc3ccc(Cl)cc3)nc2n1. The van der Waals surface area contributed by atoms with Gasteiger partial charge in [0.2, 0.25) is 0 Å². The fraction of sp³-hybridized carbons (Fsp3) is 0.214. The van der Waals surface area contributed by atoms with Gasteiger partial charge < -0.3 is 0 Å². The monoisotopic (exact) mass is 320 g/mol. The Hall–Kier alpha value is -1.79. The van der Waals surface area contributed by atoms with Gasteiger partial charge in [-0.05, 0) is 24.1 Å². The largest absolute Gasteiger partial charge is 0.274 e. The topological polar surface area (TPSA) is 63.0 Å². The Morgan fingerprint density at radius 2 is 2.05 bits per heavy atom. The molecular weight excluding hydrogens is 308 g/mol. The first kappa shape index (κ1) is 14.2. The minimum absolute atomic E-state index is 0.136. The standard InChI is InChI=1S/C14H13ClN4OS/c1-2-11-7-12(20)19-13(16-11)17-14(18-19)21-8-9-3-5-10(15)6-4-9/h3-7H,2,8H2,1H3,(H,16,17,18). The second-order valence-electron chi connectivity index (χ2n) is 4.52. The Bertz CT molecular complexity index is 825. The smallest absolute Gasteiger partial charge is 0.267 e. The lowest BCUT2D eigenvalue weighted by Gasteiger charge is -1.98. The number of nitrogens with zero attached hydrogens (tertiary/aromatic N) is 3. The maximum Gasteiger partial charge on any atom is 0.274 e. The van der Waals surface area contributed by atoms with Gasteiger partial charge in [-0.2, -0.15) is 9.50 Å². The van der Waals surface area contributed by atoms with Crippen molar-refractivity contribution in [2.24, 2.45) is 0 Å². The van der Waals surface area contributed by atoms with Crippen LogP contribution in [-0.4, -0.2) is 19.6 Å². The second kappa shape index (κ2) is 5.91. The molecule has 0 atom stereocenters. The number of hydrogen-bond acceptors (Lipinski definition) is 4. The fourth-order valence-corrected chi connectivity index (χ4v) is 2.81. The molecule has 0 saturated heterocycles. The molecule has 0 saturated carbocycles. The van der Waals surface area contributed by atoms with E-state index in [-0.39, 0.29) is 5.56 Å². The van der Waals surface area contributed by atoms with Crippen molar-refractivity contribution >= 4 is 29.1 Å². The van der Waals surface area contributed by atoms with Crippen molar-refractivity contribution in [1.29, 1.82) is 0 Å². The number of halogens is 1. The Balaban J connectivity index is 1.83. The van der Waals surface area contributed by atoms with Crippen LogP contribution < -0.4 is 5.56 Å². The molecule has 2 aromatic heterocycles. The van der Waals surface area contributed by atoms with Gasteiger partial charge in [0.25, 0.3) is 11.3 Å². The molecule has 0 bridgehead atoms. The van der Waals surface area contributed by atoms with E-state index in [1.54, 1.807) is 0 Å². The molecule has 0 radical (unpaired) electrons. The minimum atomic E-state index is -0.136. The van der Waals surface area contributed by atoms with Crippen molar-refractivity contribution in [2.45, 2.75) is 24.3 Å². The van der Waals surface area contributed by atoms with E-state index < -0.39 is 0 Å². The predicted molar refractivity (Wildman–Crippen MR) is 84.0 cm³/mol. The van der Waals surface area contributed by atoms with Crippen LogP contribution in [0.25, 0.3) is 5.78 Å². The molecule has 5 nitrogen and oxygen atoms in total. The van der Waals surface area contributed by atoms with Crippen molar-refractivity contribution in [3.05, 3.63) is 57.0 Å². The molecule has 3 aromatic rings. The number of fused-ring (bicyclic) bond motifs is 1. The van der Waals surface area contributed by atoms with Gasteiger partial charge in [0.1, 0.15) is 0 Å². The van der Waals surface area contributed by atoms with E-state index in [1.807, 2.05) is 31.2 Å². The molecule has 108 valence electrons. The van der Waals surface area contributed by atoms with Gasteiger partial charge in [-0.15, -0.1) is 0 Å². The van der Waals surface area contributed by atoms with Crippen molar-refractivity contribution in [2.75, 3.05) is 0 Å². The van der Waals surface area contributed by atoms with Crippen LogP contribution in [0, 0.1) is 0 Å². The number of nitrogens with one attached hydrogen (secondary N) is 1. The first-order chi connectivity index (χ1) is 10.2. The van der Waals surface area contributed by atoms with Crippen LogP contribution in [0.2, 0.25) is 5.02 Å². The summed E-state index contributed by atoms with van der Waals surface area (Å²) in [6, 6.07) is 9.18. The van der Waals surface area contributed by atoms with Crippen LogP contribution in [0.15, 0.2) is 40.3 Å². The molecule has 1 aromatic carbocycles. The zero-order valence-corrected chi connectivity index (χ0v) is 12.9. The van der Waals surface area contributed by atoms with Crippen molar-refractivity contribution < 1.29 is 0 Å². The first-order valence-corrected chi connectivity index (χ1v) is 7.88. The lowest BCUT2D eigenvalue weighted by molar-refractivity contribution is 0.838. The molecule has 0 amide bonds. The maximum absolute atomic E-state index is 11.9. The molecular formula is C14H13ClN4OS. The van der Waals surface area contributed by atoms with Crippen LogP contribution in [0.4, 0.5) is 0 Å². The van der Waals surface area contributed by atoms with E-state index in [9.17, 15) is 4.79 Å². The summed E-state index contributed by atoms with van der Waals surface area (Å²) in [6.45, 7) is 1.96. The number of aromatic amines is 1. The molecule has 0 fully saturated rings. The summed E-state index contributed by atoms with van der Waals surface area (Å²) in [6.07, 6.45) is 0.714. The number of rotatable bonds is 4. The molecule has 3 rings (SSSR count). The van der Waals surface area contributed by atoms with E-state index >= 15 is 0 Å². The lowest BCUT2D eigenvalue weighted by Crippen LogP contribution is -2.15. The summed E-state index contributed by atoms with van der Waals surface area (Å²) in [5, 5.41) is 4.35. The number of thioether (sulfide) groups is 1. The van der Waals surface area contributed by atoms with Crippen LogP contribution in [0.5, 0.6) is 0 Å². The summed E-state index contributed by atoms with van der Waals surface area (Å²) in [5.74, 6) is 1.16. The first-order valence-electron chi connectivity index (χ1n) is 6.51. The van der Waals surface area contributed by atoms with Gasteiger partial charge in [-0.3, -0.25) is 9.89 Å². The molecule has 21 heavy (non-hydrogen) atoms. The summed E-state index contributed by atoms with van der Waals surface area (Å²) in [7, 11) is 0. The Morgan fingerprint density at radius 3 is 2.76 bits per heavy atom. The average molecular weight is 321 g/mol. The van der Waals surface area contributed by atoms with Gasteiger partial charge in [-0.25, -0.2) is 4.98 Å². The highest BCUT2D eigenvalue weighted by molar-refractivity contribution is 7.98. The Morgan fingerprint density at radius 1 is 1.29 bits per heavy atom. The molecule has 7 heteroatoms. The average Bonchev–Trinajstić information content (AvgIpc) is 2.90. The zero-order chi connectivity index (χ0) is 14.8. The molecule has 0 unspecified atom stereocenters. The van der Waals surface area contributed by atoms with Crippen LogP contribution in [0.3, 0.4) is 0 Å². The van der Waals surface area contributed by atoms with E-state index in [1.165, 1.54) is 22.3 Å². The number of benzene rings is 1. The summed E-state index contributed by atoms with van der Waals surface area (Å²) < 4.78 is 1.36. The second-order valence-corrected chi connectivity index (χ2v) is 5.92. The predicted octanol–water partition coefficient (Wildman–Crippen LogP) is 2.93. The van der Waals surface area contributed by atoms with Crippen molar-refractivity contribution in [1.82, 2.24) is 19.6 Å².